The van der Waals surface area contributed by atoms with Gasteiger partial charge in [0.2, 0.25) is 0 Å². The first-order valence-electron chi connectivity index (χ1n) is 9.14. The van der Waals surface area contributed by atoms with Gasteiger partial charge in [0, 0.05) is 35.4 Å². The Morgan fingerprint density at radius 1 is 1.15 bits per heavy atom. The Kier molecular flexibility index (Phi) is 3.74. The van der Waals surface area contributed by atoms with E-state index in [1.54, 1.807) is 12.4 Å². The van der Waals surface area contributed by atoms with Crippen molar-refractivity contribution in [1.29, 1.82) is 0 Å². The highest BCUT2D eigenvalue weighted by atomic mass is 16.1. The van der Waals surface area contributed by atoms with E-state index in [-0.39, 0.29) is 5.91 Å². The zero-order chi connectivity index (χ0) is 18.2. The number of benzene rings is 1. The highest BCUT2D eigenvalue weighted by Crippen LogP contribution is 2.35. The third-order valence-electron chi connectivity index (χ3n) is 5.18. The number of carbonyl (C=O) groups excluding carboxylic acids is 1. The summed E-state index contributed by atoms with van der Waals surface area (Å²) in [6.07, 6.45) is 8.47. The summed E-state index contributed by atoms with van der Waals surface area (Å²) in [6, 6.07) is 9.66. The number of H-pyrrole nitrogens is 2. The molecule has 6 heteroatoms. The van der Waals surface area contributed by atoms with Crippen molar-refractivity contribution in [1.82, 2.24) is 25.5 Å². The molecule has 0 bridgehead atoms. The fraction of sp³-hybridized carbons (Fsp3) is 0.190. The van der Waals surface area contributed by atoms with Gasteiger partial charge < -0.3 is 10.3 Å². The van der Waals surface area contributed by atoms with E-state index in [9.17, 15) is 4.79 Å². The molecular weight excluding hydrogens is 338 g/mol. The predicted molar refractivity (Wildman–Crippen MR) is 103 cm³/mol. The van der Waals surface area contributed by atoms with Crippen LogP contribution in [0.3, 0.4) is 0 Å². The predicted octanol–water partition coefficient (Wildman–Crippen LogP) is 3.37. The molecule has 1 aliphatic carbocycles. The molecule has 3 N–H and O–H groups in total. The van der Waals surface area contributed by atoms with E-state index < -0.39 is 0 Å². The Labute approximate surface area is 156 Å². The SMILES string of the molecule is O=C(NCc1cccnc1)c1ccc2[nH]c3c(c2c1)CCCc1cn[nH]c1-3. The van der Waals surface area contributed by atoms with E-state index in [0.717, 1.165) is 47.1 Å². The minimum absolute atomic E-state index is 0.0773. The largest absolute Gasteiger partial charge is 0.353 e. The van der Waals surface area contributed by atoms with Crippen LogP contribution in [-0.2, 0) is 19.4 Å². The molecule has 0 atom stereocenters. The third-order valence-corrected chi connectivity index (χ3v) is 5.18. The van der Waals surface area contributed by atoms with Gasteiger partial charge in [-0.1, -0.05) is 6.07 Å². The monoisotopic (exact) mass is 357 g/mol. The maximum atomic E-state index is 12.6. The van der Waals surface area contributed by atoms with Gasteiger partial charge in [0.1, 0.15) is 0 Å². The number of fused-ring (bicyclic) bond motifs is 5. The molecule has 6 nitrogen and oxygen atoms in total. The minimum Gasteiger partial charge on any atom is -0.353 e. The first kappa shape index (κ1) is 15.8. The lowest BCUT2D eigenvalue weighted by atomic mass is 10.0. The van der Waals surface area contributed by atoms with Gasteiger partial charge in [0.25, 0.3) is 5.91 Å². The van der Waals surface area contributed by atoms with Crippen LogP contribution in [0.5, 0.6) is 0 Å². The highest BCUT2D eigenvalue weighted by molar-refractivity contribution is 6.00. The van der Waals surface area contributed by atoms with Crippen LogP contribution in [0, 0.1) is 0 Å². The molecule has 134 valence electrons. The minimum atomic E-state index is -0.0773. The summed E-state index contributed by atoms with van der Waals surface area (Å²) >= 11 is 0. The summed E-state index contributed by atoms with van der Waals surface area (Å²) in [4.78, 5) is 20.2. The Morgan fingerprint density at radius 3 is 3.00 bits per heavy atom. The number of aromatic nitrogens is 4. The summed E-state index contributed by atoms with van der Waals surface area (Å²) < 4.78 is 0. The molecule has 1 aromatic carbocycles. The number of carbonyl (C=O) groups is 1. The van der Waals surface area contributed by atoms with Gasteiger partial charge in [-0.3, -0.25) is 14.9 Å². The summed E-state index contributed by atoms with van der Waals surface area (Å²) in [5.74, 6) is -0.0773. The van der Waals surface area contributed by atoms with Crippen LogP contribution in [0.15, 0.2) is 48.9 Å². The molecule has 1 aliphatic rings. The zero-order valence-electron chi connectivity index (χ0n) is 14.7. The second-order valence-corrected chi connectivity index (χ2v) is 6.91. The number of hydrogen-bond acceptors (Lipinski definition) is 3. The first-order chi connectivity index (χ1) is 13.3. The number of nitrogens with one attached hydrogen (secondary N) is 3. The molecule has 0 fully saturated rings. The third kappa shape index (κ3) is 2.79. The number of aromatic amines is 2. The molecule has 5 rings (SSSR count). The van der Waals surface area contributed by atoms with Crippen LogP contribution in [0.25, 0.3) is 22.3 Å². The topological polar surface area (TPSA) is 86.5 Å². The Morgan fingerprint density at radius 2 is 2.11 bits per heavy atom. The number of pyridine rings is 1. The molecule has 0 aliphatic heterocycles. The lowest BCUT2D eigenvalue weighted by Crippen LogP contribution is -2.22. The number of aryl methyl sites for hydroxylation is 2. The van der Waals surface area contributed by atoms with Crippen LogP contribution in [0.4, 0.5) is 0 Å². The number of hydrogen-bond donors (Lipinski definition) is 3. The van der Waals surface area contributed by atoms with Gasteiger partial charge in [-0.15, -0.1) is 0 Å². The summed E-state index contributed by atoms with van der Waals surface area (Å²) in [7, 11) is 0. The maximum absolute atomic E-state index is 12.6. The Hall–Kier alpha value is -3.41. The molecule has 0 unspecified atom stereocenters. The molecule has 3 aromatic heterocycles. The van der Waals surface area contributed by atoms with Crippen LogP contribution < -0.4 is 5.32 Å². The second kappa shape index (κ2) is 6.39. The van der Waals surface area contributed by atoms with Gasteiger partial charge in [0.15, 0.2) is 0 Å². The van der Waals surface area contributed by atoms with Crippen molar-refractivity contribution in [3.63, 3.8) is 0 Å². The van der Waals surface area contributed by atoms with Crippen LogP contribution in [-0.4, -0.2) is 26.1 Å². The quantitative estimate of drug-likeness (QED) is 0.525. The lowest BCUT2D eigenvalue weighted by molar-refractivity contribution is 0.0951. The van der Waals surface area contributed by atoms with Gasteiger partial charge in [-0.05, 0) is 60.2 Å². The van der Waals surface area contributed by atoms with E-state index in [0.29, 0.717) is 12.1 Å². The maximum Gasteiger partial charge on any atom is 0.251 e. The average molecular weight is 357 g/mol. The summed E-state index contributed by atoms with van der Waals surface area (Å²) in [6.45, 7) is 0.466. The van der Waals surface area contributed by atoms with Crippen molar-refractivity contribution in [2.75, 3.05) is 0 Å². The number of nitrogens with zero attached hydrogens (tertiary/aromatic N) is 2. The smallest absolute Gasteiger partial charge is 0.251 e. The molecule has 27 heavy (non-hydrogen) atoms. The van der Waals surface area contributed by atoms with E-state index in [1.165, 1.54) is 11.1 Å². The standard InChI is InChI=1S/C21H19N5O/c27-21(23-11-13-3-2-8-22-10-13)14-6-7-18-17(9-14)16-5-1-4-15-12-24-26-19(15)20(16)25-18/h2-3,6-10,12,25H,1,4-5,11H2,(H,23,27)(H,24,26). The van der Waals surface area contributed by atoms with Crippen molar-refractivity contribution < 1.29 is 4.79 Å². The molecule has 0 spiro atoms. The molecule has 0 radical (unpaired) electrons. The van der Waals surface area contributed by atoms with Crippen molar-refractivity contribution >= 4 is 16.8 Å². The number of rotatable bonds is 3. The summed E-state index contributed by atoms with van der Waals surface area (Å²) in [5.41, 5.74) is 7.37. The number of amides is 1. The Bertz CT molecular complexity index is 1130. The van der Waals surface area contributed by atoms with Crippen LogP contribution in [0.1, 0.15) is 33.5 Å². The fourth-order valence-corrected chi connectivity index (χ4v) is 3.82. The van der Waals surface area contributed by atoms with Gasteiger partial charge in [0.05, 0.1) is 17.6 Å². The normalized spacial score (nSPS) is 13.0. The van der Waals surface area contributed by atoms with Crippen molar-refractivity contribution in [3.8, 4) is 11.4 Å². The van der Waals surface area contributed by atoms with Gasteiger partial charge >= 0.3 is 0 Å². The van der Waals surface area contributed by atoms with Crippen molar-refractivity contribution in [2.45, 2.75) is 25.8 Å². The first-order valence-corrected chi connectivity index (χ1v) is 9.14. The van der Waals surface area contributed by atoms with Gasteiger partial charge in [-0.25, -0.2) is 0 Å². The molecule has 0 saturated heterocycles. The second-order valence-electron chi connectivity index (χ2n) is 6.91. The van der Waals surface area contributed by atoms with Gasteiger partial charge in [-0.2, -0.15) is 5.10 Å². The average Bonchev–Trinajstić information content (AvgIpc) is 3.27. The zero-order valence-corrected chi connectivity index (χ0v) is 14.7. The molecular formula is C21H19N5O. The molecule has 3 heterocycles. The Balaban J connectivity index is 1.47. The summed E-state index contributed by atoms with van der Waals surface area (Å²) in [5, 5.41) is 11.4. The van der Waals surface area contributed by atoms with E-state index in [1.807, 2.05) is 36.5 Å². The molecule has 0 saturated carbocycles. The van der Waals surface area contributed by atoms with E-state index in [2.05, 4.69) is 25.5 Å². The highest BCUT2D eigenvalue weighted by Gasteiger charge is 2.21. The van der Waals surface area contributed by atoms with E-state index in [4.69, 9.17) is 0 Å². The van der Waals surface area contributed by atoms with E-state index >= 15 is 0 Å². The van der Waals surface area contributed by atoms with Crippen molar-refractivity contribution in [3.05, 3.63) is 71.2 Å². The van der Waals surface area contributed by atoms with Crippen LogP contribution in [0.2, 0.25) is 0 Å². The van der Waals surface area contributed by atoms with Crippen LogP contribution >= 0.6 is 0 Å². The molecule has 4 aromatic rings. The lowest BCUT2D eigenvalue weighted by Gasteiger charge is -2.06. The molecule has 1 amide bonds. The van der Waals surface area contributed by atoms with Crippen molar-refractivity contribution in [2.24, 2.45) is 0 Å². The fourth-order valence-electron chi connectivity index (χ4n) is 3.82.